The zero-order valence-electron chi connectivity index (χ0n) is 7.26. The maximum Gasteiger partial charge on any atom is 0.159 e. The molecule has 0 radical (unpaired) electrons. The van der Waals surface area contributed by atoms with Crippen molar-refractivity contribution in [2.24, 2.45) is 23.7 Å². The predicted molar refractivity (Wildman–Crippen MR) is 47.9 cm³/mol. The summed E-state index contributed by atoms with van der Waals surface area (Å²) in [7, 11) is 0. The number of ketones is 1. The summed E-state index contributed by atoms with van der Waals surface area (Å²) < 4.78 is 0. The van der Waals surface area contributed by atoms with Gasteiger partial charge < -0.3 is 5.11 Å². The van der Waals surface area contributed by atoms with E-state index in [-0.39, 0.29) is 17.6 Å². The van der Waals surface area contributed by atoms with Gasteiger partial charge in [0.25, 0.3) is 0 Å². The van der Waals surface area contributed by atoms with E-state index in [4.69, 9.17) is 0 Å². The van der Waals surface area contributed by atoms with Gasteiger partial charge in [0.1, 0.15) is 0 Å². The molecule has 0 spiro atoms. The number of carbonyl (C=O) groups excluding carboxylic acids is 1. The summed E-state index contributed by atoms with van der Waals surface area (Å²) in [5.74, 6) is 1.32. The minimum Gasteiger partial charge on any atom is -0.389 e. The minimum absolute atomic E-state index is 0.0787. The van der Waals surface area contributed by atoms with Crippen molar-refractivity contribution in [3.63, 3.8) is 0 Å². The molecule has 0 saturated heterocycles. The molecule has 68 valence electrons. The van der Waals surface area contributed by atoms with Crippen molar-refractivity contribution in [1.29, 1.82) is 0 Å². The van der Waals surface area contributed by atoms with Crippen LogP contribution in [0.5, 0.6) is 0 Å². The first-order valence-corrected chi connectivity index (χ1v) is 4.86. The molecule has 0 aromatic heterocycles. The molecule has 3 rings (SSSR count). The Labute approximate surface area is 76.9 Å². The topological polar surface area (TPSA) is 37.3 Å². The molecule has 13 heavy (non-hydrogen) atoms. The molecule has 4 unspecified atom stereocenters. The first-order valence-electron chi connectivity index (χ1n) is 4.86. The highest BCUT2D eigenvalue weighted by atomic mass is 16.3. The lowest BCUT2D eigenvalue weighted by Gasteiger charge is -2.31. The Morgan fingerprint density at radius 3 is 2.77 bits per heavy atom. The summed E-state index contributed by atoms with van der Waals surface area (Å²) in [6.07, 6.45) is 8.19. The third kappa shape index (κ3) is 0.841. The number of aliphatic hydroxyl groups is 1. The molecular weight excluding hydrogens is 164 g/mol. The van der Waals surface area contributed by atoms with E-state index in [1.165, 1.54) is 0 Å². The Morgan fingerprint density at radius 2 is 2.00 bits per heavy atom. The zero-order valence-corrected chi connectivity index (χ0v) is 7.26. The first kappa shape index (κ1) is 7.51. The molecule has 2 nitrogen and oxygen atoms in total. The fraction of sp³-hybridized carbons (Fsp3) is 0.545. The van der Waals surface area contributed by atoms with Crippen molar-refractivity contribution in [3.8, 4) is 0 Å². The summed E-state index contributed by atoms with van der Waals surface area (Å²) in [5, 5.41) is 9.75. The van der Waals surface area contributed by atoms with Crippen LogP contribution in [0.15, 0.2) is 24.3 Å². The van der Waals surface area contributed by atoms with Crippen LogP contribution in [-0.2, 0) is 4.79 Å². The van der Waals surface area contributed by atoms with E-state index in [1.807, 2.05) is 0 Å². The molecule has 0 heterocycles. The Bertz CT molecular complexity index is 316. The van der Waals surface area contributed by atoms with Crippen LogP contribution in [0.2, 0.25) is 0 Å². The third-order valence-electron chi connectivity index (χ3n) is 3.70. The summed E-state index contributed by atoms with van der Waals surface area (Å²) in [4.78, 5) is 11.6. The molecule has 0 amide bonds. The Balaban J connectivity index is 2.05. The minimum atomic E-state index is -0.400. The molecule has 3 aliphatic rings. The highest BCUT2D eigenvalue weighted by Crippen LogP contribution is 2.51. The lowest BCUT2D eigenvalue weighted by molar-refractivity contribution is -0.122. The van der Waals surface area contributed by atoms with Gasteiger partial charge in [-0.2, -0.15) is 0 Å². The molecule has 0 aromatic rings. The molecule has 2 bridgehead atoms. The van der Waals surface area contributed by atoms with Crippen molar-refractivity contribution < 1.29 is 9.90 Å². The van der Waals surface area contributed by atoms with E-state index in [0.717, 1.165) is 6.42 Å². The maximum atomic E-state index is 11.6. The van der Waals surface area contributed by atoms with Crippen LogP contribution in [-0.4, -0.2) is 17.0 Å². The van der Waals surface area contributed by atoms with E-state index < -0.39 is 6.10 Å². The van der Waals surface area contributed by atoms with Crippen LogP contribution in [0.4, 0.5) is 0 Å². The van der Waals surface area contributed by atoms with Crippen LogP contribution in [0, 0.1) is 23.7 Å². The summed E-state index contributed by atoms with van der Waals surface area (Å²) in [6.45, 7) is 0. The van der Waals surface area contributed by atoms with Crippen molar-refractivity contribution in [2.75, 3.05) is 0 Å². The van der Waals surface area contributed by atoms with Gasteiger partial charge in [-0.05, 0) is 24.3 Å². The number of hydrogen-bond acceptors (Lipinski definition) is 2. The second-order valence-corrected chi connectivity index (χ2v) is 4.30. The van der Waals surface area contributed by atoms with Crippen molar-refractivity contribution in [2.45, 2.75) is 12.5 Å². The van der Waals surface area contributed by atoms with Crippen LogP contribution in [0.25, 0.3) is 0 Å². The molecule has 0 aromatic carbocycles. The normalized spacial score (nSPS) is 51.5. The van der Waals surface area contributed by atoms with Gasteiger partial charge in [-0.15, -0.1) is 0 Å². The number of aliphatic hydroxyl groups excluding tert-OH is 1. The van der Waals surface area contributed by atoms with Gasteiger partial charge in [-0.1, -0.05) is 18.2 Å². The van der Waals surface area contributed by atoms with Crippen LogP contribution < -0.4 is 0 Å². The van der Waals surface area contributed by atoms with E-state index in [9.17, 15) is 9.90 Å². The standard InChI is InChI=1S/C11H12O2/c12-8-3-4-9(13)11-7-2-1-6(5-7)10(8)11/h1-4,6-8,10-12H,5H2/t6?,7?,8-,10?,11?/m0/s1. The lowest BCUT2D eigenvalue weighted by Crippen LogP contribution is -2.37. The number of carbonyl (C=O) groups is 1. The van der Waals surface area contributed by atoms with E-state index >= 15 is 0 Å². The maximum absolute atomic E-state index is 11.6. The summed E-state index contributed by atoms with van der Waals surface area (Å²) in [6, 6.07) is 0. The number of allylic oxidation sites excluding steroid dienone is 3. The molecule has 0 aliphatic heterocycles. The van der Waals surface area contributed by atoms with E-state index in [2.05, 4.69) is 12.2 Å². The quantitative estimate of drug-likeness (QED) is 0.557. The number of fused-ring (bicyclic) bond motifs is 5. The van der Waals surface area contributed by atoms with Gasteiger partial charge in [0.05, 0.1) is 6.10 Å². The van der Waals surface area contributed by atoms with Crippen LogP contribution >= 0.6 is 0 Å². The van der Waals surface area contributed by atoms with E-state index in [0.29, 0.717) is 11.8 Å². The van der Waals surface area contributed by atoms with Gasteiger partial charge in [-0.25, -0.2) is 0 Å². The van der Waals surface area contributed by atoms with Gasteiger partial charge in [0, 0.05) is 11.8 Å². The highest BCUT2D eigenvalue weighted by Gasteiger charge is 2.50. The fourth-order valence-electron chi connectivity index (χ4n) is 3.16. The second kappa shape index (κ2) is 2.32. The van der Waals surface area contributed by atoms with Crippen LogP contribution in [0.1, 0.15) is 6.42 Å². The lowest BCUT2D eigenvalue weighted by atomic mass is 9.74. The highest BCUT2D eigenvalue weighted by molar-refractivity contribution is 5.94. The van der Waals surface area contributed by atoms with Crippen molar-refractivity contribution in [1.82, 2.24) is 0 Å². The Hall–Kier alpha value is -0.890. The molecule has 1 saturated carbocycles. The van der Waals surface area contributed by atoms with Gasteiger partial charge in [0.2, 0.25) is 0 Å². The molecule has 5 atom stereocenters. The predicted octanol–water partition coefficient (Wildman–Crippen LogP) is 0.924. The largest absolute Gasteiger partial charge is 0.389 e. The number of rotatable bonds is 0. The Kier molecular flexibility index (Phi) is 1.34. The summed E-state index contributed by atoms with van der Waals surface area (Å²) >= 11 is 0. The molecule has 2 heteroatoms. The first-order chi connectivity index (χ1) is 6.27. The smallest absolute Gasteiger partial charge is 0.159 e. The number of hydrogen-bond donors (Lipinski definition) is 1. The fourth-order valence-corrected chi connectivity index (χ4v) is 3.16. The zero-order chi connectivity index (χ0) is 9.00. The van der Waals surface area contributed by atoms with E-state index in [1.54, 1.807) is 12.2 Å². The molecule has 1 N–H and O–H groups in total. The average Bonchev–Trinajstić information content (AvgIpc) is 2.70. The van der Waals surface area contributed by atoms with Gasteiger partial charge in [0.15, 0.2) is 5.78 Å². The molecular formula is C11H12O2. The SMILES string of the molecule is O=C1C=C[C@H](O)C2C3C=CC(C3)C12. The Morgan fingerprint density at radius 1 is 1.23 bits per heavy atom. The second-order valence-electron chi connectivity index (χ2n) is 4.30. The average molecular weight is 176 g/mol. The molecule has 1 fully saturated rings. The third-order valence-corrected chi connectivity index (χ3v) is 3.70. The van der Waals surface area contributed by atoms with Crippen molar-refractivity contribution >= 4 is 5.78 Å². The van der Waals surface area contributed by atoms with Crippen molar-refractivity contribution in [3.05, 3.63) is 24.3 Å². The monoisotopic (exact) mass is 176 g/mol. The van der Waals surface area contributed by atoms with Gasteiger partial charge >= 0.3 is 0 Å². The van der Waals surface area contributed by atoms with Crippen LogP contribution in [0.3, 0.4) is 0 Å². The van der Waals surface area contributed by atoms with Gasteiger partial charge in [-0.3, -0.25) is 4.79 Å². The summed E-state index contributed by atoms with van der Waals surface area (Å²) in [5.41, 5.74) is 0. The molecule has 3 aliphatic carbocycles.